The number of hydrogen-bond acceptors (Lipinski definition) is 4. The normalized spacial score (nSPS) is 10.8. The lowest BCUT2D eigenvalue weighted by molar-refractivity contribution is -0.129. The van der Waals surface area contributed by atoms with Crippen molar-refractivity contribution in [2.45, 2.75) is 32.1 Å². The van der Waals surface area contributed by atoms with Crippen LogP contribution in [0.3, 0.4) is 0 Å². The van der Waals surface area contributed by atoms with Gasteiger partial charge in [0.05, 0.1) is 7.11 Å². The van der Waals surface area contributed by atoms with Gasteiger partial charge < -0.3 is 9.15 Å². The summed E-state index contributed by atoms with van der Waals surface area (Å²) in [7, 11) is 1.66. The van der Waals surface area contributed by atoms with Crippen molar-refractivity contribution in [1.29, 1.82) is 0 Å². The van der Waals surface area contributed by atoms with Crippen molar-refractivity contribution in [1.82, 2.24) is 5.48 Å². The van der Waals surface area contributed by atoms with Gasteiger partial charge in [0, 0.05) is 17.4 Å². The highest BCUT2D eigenvalue weighted by atomic mass is 16.5. The Morgan fingerprint density at radius 3 is 2.62 bits per heavy atom. The molecular weight excluding hydrogens is 330 g/mol. The molecule has 0 saturated heterocycles. The molecule has 1 heterocycles. The Kier molecular flexibility index (Phi) is 5.92. The van der Waals surface area contributed by atoms with Crippen LogP contribution in [0.2, 0.25) is 0 Å². The Hall–Kier alpha value is -2.79. The van der Waals surface area contributed by atoms with E-state index in [-0.39, 0.29) is 5.91 Å². The maximum Gasteiger partial charge on any atom is 0.243 e. The number of hydroxylamine groups is 1. The molecule has 0 fully saturated rings. The molecule has 0 atom stereocenters. The third-order valence-corrected chi connectivity index (χ3v) is 4.46. The number of hydrogen-bond donors (Lipinski definition) is 2. The summed E-state index contributed by atoms with van der Waals surface area (Å²) in [5.74, 6) is 1.34. The summed E-state index contributed by atoms with van der Waals surface area (Å²) < 4.78 is 11.2. The van der Waals surface area contributed by atoms with Crippen LogP contribution in [-0.2, 0) is 11.2 Å². The number of aryl methyl sites for hydroxylation is 1. The molecule has 0 aliphatic rings. The summed E-state index contributed by atoms with van der Waals surface area (Å²) in [6.45, 7) is 0. The van der Waals surface area contributed by atoms with Gasteiger partial charge in [-0.25, -0.2) is 5.48 Å². The second-order valence-electron chi connectivity index (χ2n) is 6.31. The van der Waals surface area contributed by atoms with Crippen molar-refractivity contribution < 1.29 is 19.2 Å². The van der Waals surface area contributed by atoms with Crippen molar-refractivity contribution in [2.75, 3.05) is 7.11 Å². The lowest BCUT2D eigenvalue weighted by Gasteiger charge is -2.03. The fraction of sp³-hybridized carbons (Fsp3) is 0.286. The van der Waals surface area contributed by atoms with Crippen molar-refractivity contribution >= 4 is 16.9 Å². The summed E-state index contributed by atoms with van der Waals surface area (Å²) in [6, 6.07) is 16.2. The predicted octanol–water partition coefficient (Wildman–Crippen LogP) is 4.72. The number of carbonyl (C=O) groups is 1. The van der Waals surface area contributed by atoms with Crippen LogP contribution in [0.25, 0.3) is 22.3 Å². The largest absolute Gasteiger partial charge is 0.497 e. The second-order valence-corrected chi connectivity index (χ2v) is 6.31. The van der Waals surface area contributed by atoms with Gasteiger partial charge in [-0.1, -0.05) is 30.7 Å². The maximum absolute atomic E-state index is 10.9. The van der Waals surface area contributed by atoms with Gasteiger partial charge in [0.25, 0.3) is 0 Å². The summed E-state index contributed by atoms with van der Waals surface area (Å²) in [6.07, 6.45) is 4.10. The maximum atomic E-state index is 10.9. The van der Waals surface area contributed by atoms with E-state index in [0.717, 1.165) is 53.7 Å². The van der Waals surface area contributed by atoms with Crippen LogP contribution in [0, 0.1) is 0 Å². The minimum Gasteiger partial charge on any atom is -0.497 e. The first-order chi connectivity index (χ1) is 12.7. The summed E-state index contributed by atoms with van der Waals surface area (Å²) >= 11 is 0. The summed E-state index contributed by atoms with van der Waals surface area (Å²) in [5.41, 5.74) is 4.81. The molecule has 3 aromatic rings. The quantitative estimate of drug-likeness (QED) is 0.349. The van der Waals surface area contributed by atoms with Gasteiger partial charge in [-0.3, -0.25) is 10.0 Å². The van der Waals surface area contributed by atoms with Gasteiger partial charge in [0.15, 0.2) is 0 Å². The minimum absolute atomic E-state index is 0.321. The molecule has 0 radical (unpaired) electrons. The zero-order valence-electron chi connectivity index (χ0n) is 14.8. The number of benzene rings is 2. The number of furan rings is 1. The van der Waals surface area contributed by atoms with E-state index in [1.807, 2.05) is 24.3 Å². The van der Waals surface area contributed by atoms with Crippen molar-refractivity contribution in [2.24, 2.45) is 0 Å². The number of amides is 1. The lowest BCUT2D eigenvalue weighted by atomic mass is 10.0. The topological polar surface area (TPSA) is 71.7 Å². The van der Waals surface area contributed by atoms with E-state index in [9.17, 15) is 4.79 Å². The number of unbranched alkanes of at least 4 members (excludes halogenated alkanes) is 2. The van der Waals surface area contributed by atoms with Crippen molar-refractivity contribution in [3.63, 3.8) is 0 Å². The van der Waals surface area contributed by atoms with Crippen LogP contribution in [0.5, 0.6) is 5.75 Å². The smallest absolute Gasteiger partial charge is 0.243 e. The molecule has 1 amide bonds. The first-order valence-electron chi connectivity index (χ1n) is 8.79. The fourth-order valence-electron chi connectivity index (χ4n) is 2.97. The van der Waals surface area contributed by atoms with Crippen LogP contribution in [0.1, 0.15) is 31.2 Å². The molecular formula is C21H23NO4. The van der Waals surface area contributed by atoms with E-state index in [1.54, 1.807) is 12.6 Å². The van der Waals surface area contributed by atoms with Crippen LogP contribution in [0.4, 0.5) is 0 Å². The zero-order chi connectivity index (χ0) is 18.4. The Morgan fingerprint density at radius 2 is 1.88 bits per heavy atom. The number of rotatable bonds is 8. The predicted molar refractivity (Wildman–Crippen MR) is 100 cm³/mol. The van der Waals surface area contributed by atoms with Crippen LogP contribution >= 0.6 is 0 Å². The summed E-state index contributed by atoms with van der Waals surface area (Å²) in [4.78, 5) is 10.9. The van der Waals surface area contributed by atoms with Crippen LogP contribution in [0.15, 0.2) is 52.9 Å². The van der Waals surface area contributed by atoms with Crippen LogP contribution in [-0.4, -0.2) is 18.2 Å². The SMILES string of the molecule is COc1ccc2oc(-c3ccc(CCCCCC(=O)NO)cc3)cc2c1. The number of carbonyl (C=O) groups excluding carboxylic acids is 1. The first kappa shape index (κ1) is 18.0. The van der Waals surface area contributed by atoms with E-state index in [4.69, 9.17) is 14.4 Å². The van der Waals surface area contributed by atoms with Gasteiger partial charge in [-0.2, -0.15) is 0 Å². The minimum atomic E-state index is -0.321. The van der Waals surface area contributed by atoms with E-state index < -0.39 is 0 Å². The van der Waals surface area contributed by atoms with Gasteiger partial charge in [-0.15, -0.1) is 0 Å². The molecule has 5 heteroatoms. The van der Waals surface area contributed by atoms with Gasteiger partial charge in [0.2, 0.25) is 5.91 Å². The molecule has 0 bridgehead atoms. The molecule has 0 spiro atoms. The zero-order valence-corrected chi connectivity index (χ0v) is 14.8. The average Bonchev–Trinajstić information content (AvgIpc) is 3.11. The van der Waals surface area contributed by atoms with Crippen molar-refractivity contribution in [3.8, 4) is 17.1 Å². The molecule has 5 nitrogen and oxygen atoms in total. The number of nitrogens with one attached hydrogen (secondary N) is 1. The molecule has 1 aromatic heterocycles. The summed E-state index contributed by atoms with van der Waals surface area (Å²) in [5, 5.41) is 9.47. The van der Waals surface area contributed by atoms with E-state index >= 15 is 0 Å². The molecule has 0 unspecified atom stereocenters. The third kappa shape index (κ3) is 4.43. The standard InChI is InChI=1S/C21H23NO4/c1-25-18-11-12-19-17(13-18)14-20(26-19)16-9-7-15(8-10-16)5-3-2-4-6-21(23)22-24/h7-14,24H,2-6H2,1H3,(H,22,23). The average molecular weight is 353 g/mol. The molecule has 2 N–H and O–H groups in total. The van der Waals surface area contributed by atoms with E-state index in [0.29, 0.717) is 6.42 Å². The van der Waals surface area contributed by atoms with Crippen LogP contribution < -0.4 is 10.2 Å². The fourth-order valence-corrected chi connectivity index (χ4v) is 2.97. The molecule has 0 saturated carbocycles. The lowest BCUT2D eigenvalue weighted by Crippen LogP contribution is -2.17. The number of fused-ring (bicyclic) bond motifs is 1. The van der Waals surface area contributed by atoms with E-state index in [1.165, 1.54) is 5.56 Å². The molecule has 26 heavy (non-hydrogen) atoms. The Labute approximate surface area is 152 Å². The first-order valence-corrected chi connectivity index (χ1v) is 8.79. The second kappa shape index (κ2) is 8.54. The van der Waals surface area contributed by atoms with Gasteiger partial charge >= 0.3 is 0 Å². The van der Waals surface area contributed by atoms with Crippen molar-refractivity contribution in [3.05, 3.63) is 54.1 Å². The van der Waals surface area contributed by atoms with Gasteiger partial charge in [0.1, 0.15) is 17.1 Å². The molecule has 0 aliphatic carbocycles. The Balaban J connectivity index is 1.58. The molecule has 0 aliphatic heterocycles. The highest BCUT2D eigenvalue weighted by Gasteiger charge is 2.07. The number of ether oxygens (including phenoxy) is 1. The van der Waals surface area contributed by atoms with Gasteiger partial charge in [-0.05, 0) is 49.1 Å². The van der Waals surface area contributed by atoms with E-state index in [2.05, 4.69) is 24.3 Å². The highest BCUT2D eigenvalue weighted by Crippen LogP contribution is 2.30. The molecule has 2 aromatic carbocycles. The third-order valence-electron chi connectivity index (χ3n) is 4.46. The molecule has 136 valence electrons. The molecule has 3 rings (SSSR count). The highest BCUT2D eigenvalue weighted by molar-refractivity contribution is 5.84. The number of methoxy groups -OCH3 is 1. The Morgan fingerprint density at radius 1 is 1.08 bits per heavy atom. The monoisotopic (exact) mass is 353 g/mol. The Bertz CT molecular complexity index is 867.